The molecule has 27 heavy (non-hydrogen) atoms. The summed E-state index contributed by atoms with van der Waals surface area (Å²) in [7, 11) is 3.07. The lowest BCUT2D eigenvalue weighted by Crippen LogP contribution is -2.26. The van der Waals surface area contributed by atoms with Crippen molar-refractivity contribution in [2.24, 2.45) is 0 Å². The second-order valence-corrected chi connectivity index (χ2v) is 6.67. The summed E-state index contributed by atoms with van der Waals surface area (Å²) in [5, 5.41) is 1.87. The predicted molar refractivity (Wildman–Crippen MR) is 99.1 cm³/mol. The zero-order valence-electron chi connectivity index (χ0n) is 14.8. The Bertz CT molecular complexity index is 910. The van der Waals surface area contributed by atoms with E-state index in [4.69, 9.17) is 4.74 Å². The van der Waals surface area contributed by atoms with E-state index in [9.17, 15) is 13.6 Å². The molecule has 2 aromatic heterocycles. The third kappa shape index (κ3) is 4.28. The Balaban J connectivity index is 1.77. The van der Waals surface area contributed by atoms with Crippen molar-refractivity contribution in [2.45, 2.75) is 13.2 Å². The lowest BCUT2D eigenvalue weighted by atomic mass is 10.2. The maximum Gasteiger partial charge on any atom is 0.387 e. The van der Waals surface area contributed by atoms with Crippen LogP contribution in [-0.2, 0) is 6.54 Å². The molecule has 0 saturated heterocycles. The lowest BCUT2D eigenvalue weighted by molar-refractivity contribution is -0.0512. The SMILES string of the molecule is COc1cc(CN(C)C(=O)c2sccc2-n2cccc2)ccc1OC(F)F. The molecule has 0 N–H and O–H groups in total. The molecule has 8 heteroatoms. The van der Waals surface area contributed by atoms with Gasteiger partial charge in [-0.05, 0) is 41.3 Å². The molecule has 1 amide bonds. The molecule has 142 valence electrons. The van der Waals surface area contributed by atoms with E-state index in [0.29, 0.717) is 11.4 Å². The standard InChI is InChI=1S/C19H18F2N2O3S/c1-22(12-13-5-6-15(26-19(20)21)16(11-13)25-2)18(24)17-14(7-10-27-17)23-8-3-4-9-23/h3-11,19H,12H2,1-2H3. The Morgan fingerprint density at radius 2 is 1.96 bits per heavy atom. The van der Waals surface area contributed by atoms with Crippen LogP contribution in [0.4, 0.5) is 8.78 Å². The number of halogens is 2. The molecule has 0 spiro atoms. The van der Waals surface area contributed by atoms with Crippen molar-refractivity contribution in [3.05, 3.63) is 64.6 Å². The van der Waals surface area contributed by atoms with Gasteiger partial charge >= 0.3 is 6.61 Å². The van der Waals surface area contributed by atoms with Gasteiger partial charge in [-0.1, -0.05) is 6.07 Å². The monoisotopic (exact) mass is 392 g/mol. The van der Waals surface area contributed by atoms with Gasteiger partial charge in [-0.2, -0.15) is 8.78 Å². The van der Waals surface area contributed by atoms with E-state index >= 15 is 0 Å². The zero-order valence-corrected chi connectivity index (χ0v) is 15.6. The highest BCUT2D eigenvalue weighted by Crippen LogP contribution is 2.30. The molecule has 0 bridgehead atoms. The van der Waals surface area contributed by atoms with Crippen LogP contribution in [0.15, 0.2) is 54.2 Å². The number of hydrogen-bond donors (Lipinski definition) is 0. The fourth-order valence-corrected chi connectivity index (χ4v) is 3.57. The molecule has 0 radical (unpaired) electrons. The van der Waals surface area contributed by atoms with Crippen molar-refractivity contribution in [3.63, 3.8) is 0 Å². The number of aromatic nitrogens is 1. The Labute approximate surface area is 159 Å². The highest BCUT2D eigenvalue weighted by molar-refractivity contribution is 7.12. The number of rotatable bonds is 7. The van der Waals surface area contributed by atoms with E-state index < -0.39 is 6.61 Å². The number of nitrogens with zero attached hydrogens (tertiary/aromatic N) is 2. The number of hydrogen-bond acceptors (Lipinski definition) is 4. The van der Waals surface area contributed by atoms with Crippen LogP contribution in [0.1, 0.15) is 15.2 Å². The first kappa shape index (κ1) is 18.9. The van der Waals surface area contributed by atoms with Gasteiger partial charge in [0.2, 0.25) is 0 Å². The number of carbonyl (C=O) groups is 1. The molecule has 0 aliphatic rings. The summed E-state index contributed by atoms with van der Waals surface area (Å²) in [5.74, 6) is 0.0248. The number of thiophene rings is 1. The van der Waals surface area contributed by atoms with Crippen LogP contribution >= 0.6 is 11.3 Å². The average molecular weight is 392 g/mol. The zero-order chi connectivity index (χ0) is 19.4. The molecule has 5 nitrogen and oxygen atoms in total. The summed E-state index contributed by atoms with van der Waals surface area (Å²) in [6.07, 6.45) is 3.76. The van der Waals surface area contributed by atoms with Crippen molar-refractivity contribution in [1.29, 1.82) is 0 Å². The molecule has 3 aromatic rings. The van der Waals surface area contributed by atoms with Crippen LogP contribution in [0, 0.1) is 0 Å². The Morgan fingerprint density at radius 1 is 1.22 bits per heavy atom. The average Bonchev–Trinajstić information content (AvgIpc) is 3.32. The maximum atomic E-state index is 12.9. The van der Waals surface area contributed by atoms with Crippen molar-refractivity contribution < 1.29 is 23.0 Å². The highest BCUT2D eigenvalue weighted by Gasteiger charge is 2.19. The van der Waals surface area contributed by atoms with Gasteiger partial charge in [0.1, 0.15) is 4.88 Å². The first-order valence-electron chi connectivity index (χ1n) is 8.07. The molecule has 0 atom stereocenters. The smallest absolute Gasteiger partial charge is 0.387 e. The summed E-state index contributed by atoms with van der Waals surface area (Å²) < 4.78 is 36.3. The third-order valence-corrected chi connectivity index (χ3v) is 4.82. The number of methoxy groups -OCH3 is 1. The van der Waals surface area contributed by atoms with E-state index in [1.807, 2.05) is 40.5 Å². The fourth-order valence-electron chi connectivity index (χ4n) is 2.68. The highest BCUT2D eigenvalue weighted by atomic mass is 32.1. The summed E-state index contributed by atoms with van der Waals surface area (Å²) in [5.41, 5.74) is 1.56. The molecule has 0 aliphatic heterocycles. The van der Waals surface area contributed by atoms with E-state index in [0.717, 1.165) is 11.3 Å². The van der Waals surface area contributed by atoms with Crippen molar-refractivity contribution in [2.75, 3.05) is 14.2 Å². The van der Waals surface area contributed by atoms with Gasteiger partial charge in [0.15, 0.2) is 11.5 Å². The second-order valence-electron chi connectivity index (χ2n) is 5.75. The van der Waals surface area contributed by atoms with Crippen molar-refractivity contribution in [3.8, 4) is 17.2 Å². The van der Waals surface area contributed by atoms with Crippen LogP contribution in [0.2, 0.25) is 0 Å². The molecule has 2 heterocycles. The van der Waals surface area contributed by atoms with Crippen LogP contribution < -0.4 is 9.47 Å². The fraction of sp³-hybridized carbons (Fsp3) is 0.211. The van der Waals surface area contributed by atoms with E-state index in [-0.39, 0.29) is 17.4 Å². The minimum absolute atomic E-state index is 0.0432. The van der Waals surface area contributed by atoms with E-state index in [1.54, 1.807) is 24.1 Å². The largest absolute Gasteiger partial charge is 0.493 e. The third-order valence-electron chi connectivity index (χ3n) is 3.93. The van der Waals surface area contributed by atoms with Gasteiger partial charge < -0.3 is 18.9 Å². The molecule has 0 saturated carbocycles. The first-order chi connectivity index (χ1) is 13.0. The van der Waals surface area contributed by atoms with Crippen LogP contribution in [0.25, 0.3) is 5.69 Å². The topological polar surface area (TPSA) is 43.7 Å². The second kappa shape index (κ2) is 8.22. The molecule has 3 rings (SSSR count). The summed E-state index contributed by atoms with van der Waals surface area (Å²) >= 11 is 1.37. The number of ether oxygens (including phenoxy) is 2. The van der Waals surface area contributed by atoms with Gasteiger partial charge in [-0.15, -0.1) is 11.3 Å². The van der Waals surface area contributed by atoms with Gasteiger partial charge in [0, 0.05) is 26.0 Å². The number of benzene rings is 1. The van der Waals surface area contributed by atoms with Crippen molar-refractivity contribution in [1.82, 2.24) is 9.47 Å². The molecule has 0 unspecified atom stereocenters. The Hall–Kier alpha value is -2.87. The molecule has 0 aliphatic carbocycles. The van der Waals surface area contributed by atoms with Gasteiger partial charge in [-0.3, -0.25) is 4.79 Å². The lowest BCUT2D eigenvalue weighted by Gasteiger charge is -2.19. The number of amides is 1. The first-order valence-corrected chi connectivity index (χ1v) is 8.95. The normalized spacial score (nSPS) is 10.9. The molecule has 0 fully saturated rings. The minimum Gasteiger partial charge on any atom is -0.493 e. The minimum atomic E-state index is -2.93. The molecular formula is C19H18F2N2O3S. The van der Waals surface area contributed by atoms with Crippen LogP contribution in [0.3, 0.4) is 0 Å². The van der Waals surface area contributed by atoms with Crippen molar-refractivity contribution >= 4 is 17.2 Å². The summed E-state index contributed by atoms with van der Waals surface area (Å²) in [4.78, 5) is 15.1. The van der Waals surface area contributed by atoms with Gasteiger partial charge in [0.05, 0.1) is 12.8 Å². The summed E-state index contributed by atoms with van der Waals surface area (Å²) in [6.45, 7) is -2.63. The summed E-state index contributed by atoms with van der Waals surface area (Å²) in [6, 6.07) is 10.3. The van der Waals surface area contributed by atoms with Crippen LogP contribution in [0.5, 0.6) is 11.5 Å². The molecule has 1 aromatic carbocycles. The number of alkyl halides is 2. The number of carbonyl (C=O) groups excluding carboxylic acids is 1. The van der Waals surface area contributed by atoms with Crippen LogP contribution in [-0.4, -0.2) is 36.1 Å². The van der Waals surface area contributed by atoms with E-state index in [2.05, 4.69) is 4.74 Å². The predicted octanol–water partition coefficient (Wildman–Crippen LogP) is 4.42. The maximum absolute atomic E-state index is 12.9. The van der Waals surface area contributed by atoms with E-state index in [1.165, 1.54) is 24.5 Å². The Kier molecular flexibility index (Phi) is 5.75. The Morgan fingerprint density at radius 3 is 2.63 bits per heavy atom. The molecular weight excluding hydrogens is 374 g/mol. The van der Waals surface area contributed by atoms with Gasteiger partial charge in [-0.25, -0.2) is 0 Å². The quantitative estimate of drug-likeness (QED) is 0.598. The van der Waals surface area contributed by atoms with Gasteiger partial charge in [0.25, 0.3) is 5.91 Å².